The van der Waals surface area contributed by atoms with Crippen LogP contribution in [0.4, 0.5) is 5.69 Å². The Bertz CT molecular complexity index is 910. The van der Waals surface area contributed by atoms with Crippen LogP contribution in [0.25, 0.3) is 0 Å². The van der Waals surface area contributed by atoms with E-state index in [1.807, 2.05) is 12.1 Å². The zero-order chi connectivity index (χ0) is 18.7. The summed E-state index contributed by atoms with van der Waals surface area (Å²) < 4.78 is 25.6. The van der Waals surface area contributed by atoms with Gasteiger partial charge in [-0.1, -0.05) is 30.3 Å². The molecule has 0 spiro atoms. The van der Waals surface area contributed by atoms with E-state index >= 15 is 0 Å². The lowest BCUT2D eigenvalue weighted by atomic mass is 10.00. The van der Waals surface area contributed by atoms with Crippen LogP contribution >= 0.6 is 0 Å². The molecule has 0 saturated heterocycles. The molecule has 2 N–H and O–H groups in total. The Balaban J connectivity index is 1.64. The molecule has 0 saturated carbocycles. The zero-order valence-electron chi connectivity index (χ0n) is 15.0. The molecule has 1 aliphatic heterocycles. The van der Waals surface area contributed by atoms with Gasteiger partial charge in [-0.2, -0.15) is 0 Å². The van der Waals surface area contributed by atoms with Crippen LogP contribution in [0.2, 0.25) is 0 Å². The van der Waals surface area contributed by atoms with Crippen molar-refractivity contribution in [3.05, 3.63) is 59.7 Å². The van der Waals surface area contributed by atoms with Crippen LogP contribution in [-0.2, 0) is 27.8 Å². The second kappa shape index (κ2) is 7.57. The fourth-order valence-corrected chi connectivity index (χ4v) is 4.12. The molecule has 0 aliphatic carbocycles. The minimum atomic E-state index is -3.52. The van der Waals surface area contributed by atoms with Gasteiger partial charge in [-0.15, -0.1) is 0 Å². The molecule has 1 amide bonds. The summed E-state index contributed by atoms with van der Waals surface area (Å²) in [4.78, 5) is 13.8. The number of amides is 1. The normalized spacial score (nSPS) is 17.0. The molecule has 26 heavy (non-hydrogen) atoms. The maximum atomic E-state index is 12.4. The summed E-state index contributed by atoms with van der Waals surface area (Å²) in [6, 6.07) is 14.7. The van der Waals surface area contributed by atoms with Crippen LogP contribution in [0.15, 0.2) is 53.4 Å². The first-order chi connectivity index (χ1) is 12.4. The number of hydrogen-bond donors (Lipinski definition) is 2. The standard InChI is InChI=1S/C19H23N3O3S/c1-21(2)26(24,25)18-9-5-8-17(12-18)20-19(23)14-22-11-10-15-6-3-4-7-16(15)13-22/h3-9,12H,10-11,13-14H2,1-2H3,(H,20,23)/p+1. The molecule has 1 aliphatic rings. The molecule has 0 bridgehead atoms. The van der Waals surface area contributed by atoms with Gasteiger partial charge in [-0.25, -0.2) is 12.7 Å². The smallest absolute Gasteiger partial charge is 0.279 e. The number of quaternary nitrogens is 1. The highest BCUT2D eigenvalue weighted by Gasteiger charge is 2.22. The molecular weight excluding hydrogens is 350 g/mol. The summed E-state index contributed by atoms with van der Waals surface area (Å²) >= 11 is 0. The average molecular weight is 374 g/mol. The van der Waals surface area contributed by atoms with E-state index in [1.165, 1.54) is 42.3 Å². The predicted octanol–water partition coefficient (Wildman–Crippen LogP) is 0.517. The van der Waals surface area contributed by atoms with E-state index < -0.39 is 10.0 Å². The number of hydrogen-bond acceptors (Lipinski definition) is 3. The topological polar surface area (TPSA) is 70.9 Å². The number of benzene rings is 2. The van der Waals surface area contributed by atoms with Crippen molar-refractivity contribution in [1.29, 1.82) is 0 Å². The molecule has 1 unspecified atom stereocenters. The minimum Gasteiger partial charge on any atom is -0.323 e. The van der Waals surface area contributed by atoms with Crippen LogP contribution in [0.1, 0.15) is 11.1 Å². The van der Waals surface area contributed by atoms with E-state index in [-0.39, 0.29) is 10.8 Å². The highest BCUT2D eigenvalue weighted by Crippen LogP contribution is 2.17. The van der Waals surface area contributed by atoms with Crippen molar-refractivity contribution < 1.29 is 18.1 Å². The number of carbonyl (C=O) groups is 1. The Morgan fingerprint density at radius 2 is 1.85 bits per heavy atom. The molecule has 2 aromatic carbocycles. The van der Waals surface area contributed by atoms with Gasteiger partial charge in [0, 0.05) is 31.8 Å². The van der Waals surface area contributed by atoms with Crippen LogP contribution in [-0.4, -0.2) is 45.8 Å². The summed E-state index contributed by atoms with van der Waals surface area (Å²) in [5.74, 6) is -0.112. The molecule has 0 radical (unpaired) electrons. The summed E-state index contributed by atoms with van der Waals surface area (Å²) in [7, 11) is -0.550. The van der Waals surface area contributed by atoms with Gasteiger partial charge in [0.05, 0.1) is 11.4 Å². The van der Waals surface area contributed by atoms with Gasteiger partial charge in [-0.05, 0) is 23.8 Å². The van der Waals surface area contributed by atoms with Crippen LogP contribution in [0.5, 0.6) is 0 Å². The highest BCUT2D eigenvalue weighted by atomic mass is 32.2. The first kappa shape index (κ1) is 18.6. The number of carbonyl (C=O) groups excluding carboxylic acids is 1. The predicted molar refractivity (Wildman–Crippen MR) is 100 cm³/mol. The van der Waals surface area contributed by atoms with Gasteiger partial charge in [0.1, 0.15) is 6.54 Å². The maximum Gasteiger partial charge on any atom is 0.279 e. The fraction of sp³-hybridized carbons (Fsp3) is 0.316. The van der Waals surface area contributed by atoms with Crippen molar-refractivity contribution in [2.75, 3.05) is 32.5 Å². The molecule has 6 nitrogen and oxygen atoms in total. The molecule has 7 heteroatoms. The molecule has 1 atom stereocenters. The summed E-state index contributed by atoms with van der Waals surface area (Å²) in [6.45, 7) is 2.11. The SMILES string of the molecule is CN(C)S(=O)(=O)c1cccc(NC(=O)C[NH+]2CCc3ccccc3C2)c1. The van der Waals surface area contributed by atoms with Crippen LogP contribution in [0.3, 0.4) is 0 Å². The van der Waals surface area contributed by atoms with E-state index in [0.717, 1.165) is 23.8 Å². The van der Waals surface area contributed by atoms with E-state index in [9.17, 15) is 13.2 Å². The molecule has 138 valence electrons. The Morgan fingerprint density at radius 1 is 1.12 bits per heavy atom. The fourth-order valence-electron chi connectivity index (χ4n) is 3.17. The van der Waals surface area contributed by atoms with Crippen molar-refractivity contribution in [2.24, 2.45) is 0 Å². The second-order valence-corrected chi connectivity index (χ2v) is 8.89. The Hall–Kier alpha value is -2.22. The third-order valence-electron chi connectivity index (χ3n) is 4.61. The molecule has 1 heterocycles. The molecular formula is C19H24N3O3S+. The number of sulfonamides is 1. The maximum absolute atomic E-state index is 12.4. The molecule has 0 fully saturated rings. The van der Waals surface area contributed by atoms with Gasteiger partial charge < -0.3 is 10.2 Å². The number of nitrogens with zero attached hydrogens (tertiary/aromatic N) is 1. The number of anilines is 1. The second-order valence-electron chi connectivity index (χ2n) is 6.74. The molecule has 0 aromatic heterocycles. The van der Waals surface area contributed by atoms with Crippen molar-refractivity contribution in [3.8, 4) is 0 Å². The summed E-state index contributed by atoms with van der Waals surface area (Å²) in [6.07, 6.45) is 0.968. The Morgan fingerprint density at radius 3 is 2.58 bits per heavy atom. The summed E-state index contributed by atoms with van der Waals surface area (Å²) in [5.41, 5.74) is 3.15. The average Bonchev–Trinajstić information content (AvgIpc) is 2.61. The monoisotopic (exact) mass is 374 g/mol. The Kier molecular flexibility index (Phi) is 5.41. The minimum absolute atomic E-state index is 0.112. The molecule has 3 rings (SSSR count). The quantitative estimate of drug-likeness (QED) is 0.802. The van der Waals surface area contributed by atoms with E-state index in [4.69, 9.17) is 0 Å². The van der Waals surface area contributed by atoms with Gasteiger partial charge in [0.2, 0.25) is 10.0 Å². The third-order valence-corrected chi connectivity index (χ3v) is 6.42. The van der Waals surface area contributed by atoms with E-state index in [2.05, 4.69) is 17.4 Å². The highest BCUT2D eigenvalue weighted by molar-refractivity contribution is 7.89. The van der Waals surface area contributed by atoms with Gasteiger partial charge in [-0.3, -0.25) is 4.79 Å². The lowest BCUT2D eigenvalue weighted by Crippen LogP contribution is -3.12. The Labute approximate surface area is 154 Å². The van der Waals surface area contributed by atoms with Crippen LogP contribution in [0, 0.1) is 0 Å². The van der Waals surface area contributed by atoms with E-state index in [0.29, 0.717) is 12.2 Å². The third kappa shape index (κ3) is 4.12. The number of fused-ring (bicyclic) bond motifs is 1. The van der Waals surface area contributed by atoms with Crippen LogP contribution < -0.4 is 10.2 Å². The first-order valence-electron chi connectivity index (χ1n) is 8.59. The van der Waals surface area contributed by atoms with Crippen molar-refractivity contribution in [2.45, 2.75) is 17.9 Å². The van der Waals surface area contributed by atoms with Crippen molar-refractivity contribution >= 4 is 21.6 Å². The van der Waals surface area contributed by atoms with Crippen molar-refractivity contribution in [3.63, 3.8) is 0 Å². The first-order valence-corrected chi connectivity index (χ1v) is 10.0. The van der Waals surface area contributed by atoms with Gasteiger partial charge >= 0.3 is 0 Å². The van der Waals surface area contributed by atoms with Gasteiger partial charge in [0.15, 0.2) is 6.54 Å². The lowest BCUT2D eigenvalue weighted by molar-refractivity contribution is -0.907. The zero-order valence-corrected chi connectivity index (χ0v) is 15.8. The van der Waals surface area contributed by atoms with Gasteiger partial charge in [0.25, 0.3) is 5.91 Å². The van der Waals surface area contributed by atoms with E-state index in [1.54, 1.807) is 12.1 Å². The van der Waals surface area contributed by atoms with Crippen molar-refractivity contribution in [1.82, 2.24) is 4.31 Å². The summed E-state index contributed by atoms with van der Waals surface area (Å²) in [5, 5.41) is 2.82. The number of rotatable bonds is 5. The largest absolute Gasteiger partial charge is 0.323 e. The number of nitrogens with one attached hydrogen (secondary N) is 2. The molecule has 2 aromatic rings. The lowest BCUT2D eigenvalue weighted by Gasteiger charge is -2.25.